The predicted octanol–water partition coefficient (Wildman–Crippen LogP) is 4.27. The molecule has 0 spiro atoms. The number of benzene rings is 1. The molecule has 1 aromatic heterocycles. The van der Waals surface area contributed by atoms with E-state index in [1.807, 2.05) is 43.3 Å². The Morgan fingerprint density at radius 3 is 2.43 bits per heavy atom. The molecule has 0 radical (unpaired) electrons. The van der Waals surface area contributed by atoms with E-state index >= 15 is 0 Å². The van der Waals surface area contributed by atoms with Crippen LogP contribution in [-0.4, -0.2) is 24.0 Å². The van der Waals surface area contributed by atoms with Gasteiger partial charge in [-0.05, 0) is 44.0 Å². The Balaban J connectivity index is 2.06. The summed E-state index contributed by atoms with van der Waals surface area (Å²) in [6.45, 7) is 8.30. The van der Waals surface area contributed by atoms with Crippen LogP contribution in [0.3, 0.4) is 0 Å². The van der Waals surface area contributed by atoms with E-state index < -0.39 is 0 Å². The molecule has 0 atom stereocenters. The minimum atomic E-state index is -0.109. The molecular formula is C19H25N3O. The molecule has 4 nitrogen and oxygen atoms in total. The lowest BCUT2D eigenvalue weighted by Gasteiger charge is -2.22. The van der Waals surface area contributed by atoms with Gasteiger partial charge in [0.05, 0.1) is 11.9 Å². The molecule has 1 amide bonds. The third kappa shape index (κ3) is 4.81. The molecule has 1 aromatic carbocycles. The van der Waals surface area contributed by atoms with Crippen LogP contribution in [0.15, 0.2) is 42.6 Å². The van der Waals surface area contributed by atoms with Crippen LogP contribution in [0.2, 0.25) is 0 Å². The maximum atomic E-state index is 12.2. The second-order valence-electron chi connectivity index (χ2n) is 5.72. The summed E-state index contributed by atoms with van der Waals surface area (Å²) in [7, 11) is 0. The maximum Gasteiger partial charge on any atom is 0.255 e. The number of aryl methyl sites for hydroxylation is 1. The normalized spacial score (nSPS) is 10.4. The molecule has 4 heteroatoms. The Morgan fingerprint density at radius 1 is 1.13 bits per heavy atom. The summed E-state index contributed by atoms with van der Waals surface area (Å²) in [5.41, 5.74) is 2.45. The van der Waals surface area contributed by atoms with Gasteiger partial charge in [-0.1, -0.05) is 31.5 Å². The minimum absolute atomic E-state index is 0.109. The first-order chi connectivity index (χ1) is 11.1. The number of anilines is 2. The van der Waals surface area contributed by atoms with Gasteiger partial charge in [0, 0.05) is 18.7 Å². The molecule has 122 valence electrons. The Labute approximate surface area is 138 Å². The quantitative estimate of drug-likeness (QED) is 0.830. The standard InChI is InChI=1S/C19H25N3O/c1-4-11-22(12-5-2)18-10-9-17(14-20-18)21-19(23)16-8-6-7-15(3)13-16/h6-10,13-14H,4-5,11-12H2,1-3H3,(H,21,23). The van der Waals surface area contributed by atoms with E-state index in [2.05, 4.69) is 29.0 Å². The van der Waals surface area contributed by atoms with Crippen LogP contribution in [-0.2, 0) is 0 Å². The lowest BCUT2D eigenvalue weighted by atomic mass is 10.1. The number of rotatable bonds is 7. The van der Waals surface area contributed by atoms with Crippen molar-refractivity contribution in [2.75, 3.05) is 23.3 Å². The molecule has 1 heterocycles. The largest absolute Gasteiger partial charge is 0.357 e. The zero-order valence-electron chi connectivity index (χ0n) is 14.2. The van der Waals surface area contributed by atoms with E-state index in [9.17, 15) is 4.79 Å². The van der Waals surface area contributed by atoms with Crippen LogP contribution in [0.4, 0.5) is 11.5 Å². The highest BCUT2D eigenvalue weighted by Gasteiger charge is 2.08. The van der Waals surface area contributed by atoms with Gasteiger partial charge in [-0.2, -0.15) is 0 Å². The molecule has 0 fully saturated rings. The molecule has 0 saturated heterocycles. The third-order valence-electron chi connectivity index (χ3n) is 3.60. The average Bonchev–Trinajstić information content (AvgIpc) is 2.55. The van der Waals surface area contributed by atoms with Crippen LogP contribution >= 0.6 is 0 Å². The van der Waals surface area contributed by atoms with Gasteiger partial charge in [0.1, 0.15) is 5.82 Å². The van der Waals surface area contributed by atoms with Crippen LogP contribution in [0.25, 0.3) is 0 Å². The van der Waals surface area contributed by atoms with Gasteiger partial charge in [-0.15, -0.1) is 0 Å². The predicted molar refractivity (Wildman–Crippen MR) is 96.2 cm³/mol. The van der Waals surface area contributed by atoms with Gasteiger partial charge in [0.2, 0.25) is 0 Å². The number of nitrogens with one attached hydrogen (secondary N) is 1. The Bertz CT molecular complexity index is 631. The summed E-state index contributed by atoms with van der Waals surface area (Å²) in [6.07, 6.45) is 3.91. The number of carbonyl (C=O) groups is 1. The highest BCUT2D eigenvalue weighted by atomic mass is 16.1. The smallest absolute Gasteiger partial charge is 0.255 e. The fourth-order valence-electron chi connectivity index (χ4n) is 2.52. The molecule has 2 aromatic rings. The van der Waals surface area contributed by atoms with Gasteiger partial charge in [-0.3, -0.25) is 4.79 Å². The number of amides is 1. The Hall–Kier alpha value is -2.36. The van der Waals surface area contributed by atoms with Gasteiger partial charge < -0.3 is 10.2 Å². The van der Waals surface area contributed by atoms with Crippen molar-refractivity contribution in [3.8, 4) is 0 Å². The van der Waals surface area contributed by atoms with Gasteiger partial charge in [0.25, 0.3) is 5.91 Å². The van der Waals surface area contributed by atoms with Crippen LogP contribution in [0.5, 0.6) is 0 Å². The molecule has 0 saturated carbocycles. The van der Waals surface area contributed by atoms with E-state index in [1.165, 1.54) is 0 Å². The average molecular weight is 311 g/mol. The molecule has 1 N–H and O–H groups in total. The highest BCUT2D eigenvalue weighted by Crippen LogP contribution is 2.16. The third-order valence-corrected chi connectivity index (χ3v) is 3.60. The van der Waals surface area contributed by atoms with E-state index in [-0.39, 0.29) is 5.91 Å². The summed E-state index contributed by atoms with van der Waals surface area (Å²) in [5, 5.41) is 2.90. The van der Waals surface area contributed by atoms with Crippen LogP contribution in [0.1, 0.15) is 42.6 Å². The van der Waals surface area contributed by atoms with Crippen molar-refractivity contribution in [3.63, 3.8) is 0 Å². The zero-order chi connectivity index (χ0) is 16.7. The molecule has 0 unspecified atom stereocenters. The lowest BCUT2D eigenvalue weighted by Crippen LogP contribution is -2.25. The Kier molecular flexibility index (Phi) is 6.15. The SMILES string of the molecule is CCCN(CCC)c1ccc(NC(=O)c2cccc(C)c2)cn1. The Morgan fingerprint density at radius 2 is 1.87 bits per heavy atom. The molecule has 2 rings (SSSR count). The first-order valence-corrected chi connectivity index (χ1v) is 8.23. The minimum Gasteiger partial charge on any atom is -0.357 e. The number of hydrogen-bond donors (Lipinski definition) is 1. The molecule has 0 aliphatic carbocycles. The summed E-state index contributed by atoms with van der Waals surface area (Å²) in [6, 6.07) is 11.4. The van der Waals surface area contributed by atoms with E-state index in [4.69, 9.17) is 0 Å². The van der Waals surface area contributed by atoms with Crippen molar-refractivity contribution < 1.29 is 4.79 Å². The van der Waals surface area contributed by atoms with Gasteiger partial charge >= 0.3 is 0 Å². The van der Waals surface area contributed by atoms with Crippen LogP contribution < -0.4 is 10.2 Å². The van der Waals surface area contributed by atoms with Crippen LogP contribution in [0, 0.1) is 6.92 Å². The first kappa shape index (κ1) is 17.0. The summed E-state index contributed by atoms with van der Waals surface area (Å²) >= 11 is 0. The maximum absolute atomic E-state index is 12.2. The number of aromatic nitrogens is 1. The number of pyridine rings is 1. The van der Waals surface area contributed by atoms with Crippen molar-refractivity contribution in [2.24, 2.45) is 0 Å². The molecular weight excluding hydrogens is 286 g/mol. The zero-order valence-corrected chi connectivity index (χ0v) is 14.2. The molecule has 23 heavy (non-hydrogen) atoms. The summed E-state index contributed by atoms with van der Waals surface area (Å²) in [4.78, 5) is 19.0. The summed E-state index contributed by atoms with van der Waals surface area (Å²) in [5.74, 6) is 0.851. The summed E-state index contributed by atoms with van der Waals surface area (Å²) < 4.78 is 0. The topological polar surface area (TPSA) is 45.2 Å². The van der Waals surface area contributed by atoms with Gasteiger partial charge in [-0.25, -0.2) is 4.98 Å². The van der Waals surface area contributed by atoms with Crippen molar-refractivity contribution >= 4 is 17.4 Å². The van der Waals surface area contributed by atoms with Crippen molar-refractivity contribution in [1.82, 2.24) is 4.98 Å². The molecule has 0 bridgehead atoms. The first-order valence-electron chi connectivity index (χ1n) is 8.23. The van der Waals surface area contributed by atoms with Crippen molar-refractivity contribution in [3.05, 3.63) is 53.7 Å². The second kappa shape index (κ2) is 8.32. The molecule has 0 aliphatic rings. The number of carbonyl (C=O) groups excluding carboxylic acids is 1. The van der Waals surface area contributed by atoms with Crippen molar-refractivity contribution in [1.29, 1.82) is 0 Å². The van der Waals surface area contributed by atoms with Crippen molar-refractivity contribution in [2.45, 2.75) is 33.6 Å². The fraction of sp³-hybridized carbons (Fsp3) is 0.368. The monoisotopic (exact) mass is 311 g/mol. The van der Waals surface area contributed by atoms with E-state index in [0.29, 0.717) is 11.3 Å². The fourth-order valence-corrected chi connectivity index (χ4v) is 2.52. The number of nitrogens with zero attached hydrogens (tertiary/aromatic N) is 2. The van der Waals surface area contributed by atoms with E-state index in [1.54, 1.807) is 6.20 Å². The van der Waals surface area contributed by atoms with E-state index in [0.717, 1.165) is 37.3 Å². The number of hydrogen-bond acceptors (Lipinski definition) is 3. The second-order valence-corrected chi connectivity index (χ2v) is 5.72. The molecule has 0 aliphatic heterocycles. The highest BCUT2D eigenvalue weighted by molar-refractivity contribution is 6.04. The lowest BCUT2D eigenvalue weighted by molar-refractivity contribution is 0.102. The van der Waals surface area contributed by atoms with Gasteiger partial charge in [0.15, 0.2) is 0 Å².